The fourth-order valence-corrected chi connectivity index (χ4v) is 1.93. The van der Waals surface area contributed by atoms with E-state index in [4.69, 9.17) is 4.74 Å². The fourth-order valence-electron chi connectivity index (χ4n) is 1.93. The van der Waals surface area contributed by atoms with E-state index in [2.05, 4.69) is 25.7 Å². The first kappa shape index (κ1) is 15.2. The van der Waals surface area contributed by atoms with E-state index in [-0.39, 0.29) is 16.6 Å². The van der Waals surface area contributed by atoms with Crippen LogP contribution in [0, 0.1) is 10.8 Å². The zero-order chi connectivity index (χ0) is 14.0. The Morgan fingerprint density at radius 1 is 1.00 bits per heavy atom. The van der Waals surface area contributed by atoms with E-state index >= 15 is 0 Å². The van der Waals surface area contributed by atoms with E-state index in [1.165, 1.54) is 0 Å². The molecule has 0 aromatic carbocycles. The molecule has 1 saturated heterocycles. The largest absolute Gasteiger partial charge is 0.378 e. The highest BCUT2D eigenvalue weighted by Gasteiger charge is 2.28. The second kappa shape index (κ2) is 5.43. The Balaban J connectivity index is 2.98. The first-order valence-corrected chi connectivity index (χ1v) is 6.71. The fraction of sp³-hybridized carbons (Fsp3) is 0.800. The van der Waals surface area contributed by atoms with Crippen molar-refractivity contribution in [2.45, 2.75) is 41.5 Å². The number of nitrogens with zero attached hydrogens (tertiary/aromatic N) is 1. The van der Waals surface area contributed by atoms with Crippen molar-refractivity contribution in [1.29, 1.82) is 0 Å². The van der Waals surface area contributed by atoms with E-state index in [1.807, 2.05) is 26.8 Å². The molecule has 0 amide bonds. The first-order valence-electron chi connectivity index (χ1n) is 6.71. The summed E-state index contributed by atoms with van der Waals surface area (Å²) >= 11 is 0. The van der Waals surface area contributed by atoms with Crippen molar-refractivity contribution >= 4 is 5.78 Å². The summed E-state index contributed by atoms with van der Waals surface area (Å²) in [4.78, 5) is 14.5. The smallest absolute Gasteiger partial charge is 0.162 e. The number of rotatable bonds is 2. The van der Waals surface area contributed by atoms with Crippen LogP contribution in [-0.4, -0.2) is 37.0 Å². The van der Waals surface area contributed by atoms with Crippen LogP contribution < -0.4 is 0 Å². The second-order valence-electron chi connectivity index (χ2n) is 6.99. The minimum Gasteiger partial charge on any atom is -0.378 e. The lowest BCUT2D eigenvalue weighted by Crippen LogP contribution is -2.40. The average molecular weight is 253 g/mol. The van der Waals surface area contributed by atoms with Gasteiger partial charge in [0.05, 0.1) is 13.2 Å². The van der Waals surface area contributed by atoms with E-state index in [0.29, 0.717) is 0 Å². The molecule has 3 heteroatoms. The maximum Gasteiger partial charge on any atom is 0.162 e. The summed E-state index contributed by atoms with van der Waals surface area (Å²) in [6.07, 6.45) is 1.84. The third-order valence-electron chi connectivity index (χ3n) is 3.13. The molecular formula is C15H27NO2. The van der Waals surface area contributed by atoms with Gasteiger partial charge in [-0.05, 0) is 0 Å². The van der Waals surface area contributed by atoms with Crippen molar-refractivity contribution in [3.05, 3.63) is 11.8 Å². The molecule has 0 unspecified atom stereocenters. The zero-order valence-electron chi connectivity index (χ0n) is 12.7. The number of carbonyl (C=O) groups is 1. The molecule has 0 aromatic heterocycles. The zero-order valence-corrected chi connectivity index (χ0v) is 12.7. The van der Waals surface area contributed by atoms with Crippen molar-refractivity contribution in [3.63, 3.8) is 0 Å². The van der Waals surface area contributed by atoms with E-state index in [0.717, 1.165) is 32.0 Å². The maximum absolute atomic E-state index is 12.2. The molecule has 1 rings (SSSR count). The van der Waals surface area contributed by atoms with Gasteiger partial charge in [0.15, 0.2) is 5.78 Å². The maximum atomic E-state index is 12.2. The minimum absolute atomic E-state index is 0.0156. The van der Waals surface area contributed by atoms with E-state index in [1.54, 1.807) is 0 Å². The van der Waals surface area contributed by atoms with Gasteiger partial charge in [-0.25, -0.2) is 0 Å². The third-order valence-corrected chi connectivity index (χ3v) is 3.13. The van der Waals surface area contributed by atoms with Crippen molar-refractivity contribution in [2.75, 3.05) is 26.3 Å². The second-order valence-corrected chi connectivity index (χ2v) is 6.99. The molecule has 18 heavy (non-hydrogen) atoms. The molecule has 0 atom stereocenters. The molecule has 104 valence electrons. The van der Waals surface area contributed by atoms with Gasteiger partial charge < -0.3 is 9.64 Å². The Labute approximate surface area is 111 Å². The Bertz CT molecular complexity index is 325. The number of morpholine rings is 1. The molecule has 0 radical (unpaired) electrons. The highest BCUT2D eigenvalue weighted by Crippen LogP contribution is 2.30. The summed E-state index contributed by atoms with van der Waals surface area (Å²) < 4.78 is 5.38. The van der Waals surface area contributed by atoms with Crippen molar-refractivity contribution < 1.29 is 9.53 Å². The highest BCUT2D eigenvalue weighted by atomic mass is 16.5. The first-order chi connectivity index (χ1) is 8.12. The molecule has 1 heterocycles. The Morgan fingerprint density at radius 3 is 1.89 bits per heavy atom. The van der Waals surface area contributed by atoms with Crippen LogP contribution >= 0.6 is 0 Å². The SMILES string of the molecule is CC(C)(C)C(=O)C=C(N1CCOCC1)C(C)(C)C. The summed E-state index contributed by atoms with van der Waals surface area (Å²) in [6.45, 7) is 15.6. The number of hydrogen-bond donors (Lipinski definition) is 0. The lowest BCUT2D eigenvalue weighted by atomic mass is 9.85. The minimum atomic E-state index is -0.317. The van der Waals surface area contributed by atoms with Crippen LogP contribution in [0.4, 0.5) is 0 Å². The van der Waals surface area contributed by atoms with Crippen LogP contribution in [0.25, 0.3) is 0 Å². The van der Waals surface area contributed by atoms with Crippen LogP contribution in [0.5, 0.6) is 0 Å². The molecule has 0 N–H and O–H groups in total. The summed E-state index contributed by atoms with van der Waals surface area (Å²) in [5, 5.41) is 0. The molecule has 0 saturated carbocycles. The van der Waals surface area contributed by atoms with Gasteiger partial charge >= 0.3 is 0 Å². The number of hydrogen-bond acceptors (Lipinski definition) is 3. The van der Waals surface area contributed by atoms with Gasteiger partial charge in [-0.2, -0.15) is 0 Å². The average Bonchev–Trinajstić information content (AvgIpc) is 2.23. The van der Waals surface area contributed by atoms with E-state index in [9.17, 15) is 4.79 Å². The molecule has 0 aromatic rings. The normalized spacial score (nSPS) is 19.0. The van der Waals surface area contributed by atoms with Gasteiger partial charge in [0.25, 0.3) is 0 Å². The monoisotopic (exact) mass is 253 g/mol. The van der Waals surface area contributed by atoms with Gasteiger partial charge in [-0.15, -0.1) is 0 Å². The number of ether oxygens (including phenoxy) is 1. The lowest BCUT2D eigenvalue weighted by Gasteiger charge is -2.38. The molecule has 1 aliphatic rings. The molecular weight excluding hydrogens is 226 g/mol. The van der Waals surface area contributed by atoms with Gasteiger partial charge in [-0.3, -0.25) is 4.79 Å². The van der Waals surface area contributed by atoms with Gasteiger partial charge in [0.2, 0.25) is 0 Å². The van der Waals surface area contributed by atoms with Crippen LogP contribution in [-0.2, 0) is 9.53 Å². The quantitative estimate of drug-likeness (QED) is 0.709. The summed E-state index contributed by atoms with van der Waals surface area (Å²) in [7, 11) is 0. The Morgan fingerprint density at radius 2 is 1.50 bits per heavy atom. The number of carbonyl (C=O) groups excluding carboxylic acids is 1. The van der Waals surface area contributed by atoms with Crippen molar-refractivity contribution in [3.8, 4) is 0 Å². The van der Waals surface area contributed by atoms with Crippen LogP contribution in [0.2, 0.25) is 0 Å². The van der Waals surface area contributed by atoms with E-state index < -0.39 is 0 Å². The number of allylic oxidation sites excluding steroid dienone is 2. The summed E-state index contributed by atoms with van der Waals surface area (Å²) in [6, 6.07) is 0. The summed E-state index contributed by atoms with van der Waals surface area (Å²) in [5.41, 5.74) is 0.798. The third kappa shape index (κ3) is 4.13. The van der Waals surface area contributed by atoms with Gasteiger partial charge in [-0.1, -0.05) is 41.5 Å². The molecule has 0 spiro atoms. The topological polar surface area (TPSA) is 29.5 Å². The molecule has 0 bridgehead atoms. The van der Waals surface area contributed by atoms with Crippen LogP contribution in [0.1, 0.15) is 41.5 Å². The molecule has 1 aliphatic heterocycles. The predicted octanol–water partition coefficient (Wildman–Crippen LogP) is 2.86. The van der Waals surface area contributed by atoms with Crippen LogP contribution in [0.15, 0.2) is 11.8 Å². The van der Waals surface area contributed by atoms with Gasteiger partial charge in [0, 0.05) is 35.7 Å². The van der Waals surface area contributed by atoms with Crippen molar-refractivity contribution in [1.82, 2.24) is 4.90 Å². The predicted molar refractivity (Wildman–Crippen MR) is 74.4 cm³/mol. The Kier molecular flexibility index (Phi) is 4.60. The molecule has 1 fully saturated rings. The van der Waals surface area contributed by atoms with Crippen LogP contribution in [0.3, 0.4) is 0 Å². The van der Waals surface area contributed by atoms with Crippen molar-refractivity contribution in [2.24, 2.45) is 10.8 Å². The molecule has 3 nitrogen and oxygen atoms in total. The lowest BCUT2D eigenvalue weighted by molar-refractivity contribution is -0.121. The summed E-state index contributed by atoms with van der Waals surface area (Å²) in [5.74, 6) is 0.193. The molecule has 0 aliphatic carbocycles. The standard InChI is InChI=1S/C15H27NO2/c1-14(2,3)12(11-13(17)15(4,5)6)16-7-9-18-10-8-16/h11H,7-10H2,1-6H3. The van der Waals surface area contributed by atoms with Gasteiger partial charge in [0.1, 0.15) is 0 Å². The number of ketones is 1. The highest BCUT2D eigenvalue weighted by molar-refractivity contribution is 5.94. The Hall–Kier alpha value is -0.830.